The number of pyridine rings is 1. The number of hydrogen-bond acceptors (Lipinski definition) is 5. The number of carboxylic acids is 1. The monoisotopic (exact) mass is 334 g/mol. The lowest BCUT2D eigenvalue weighted by Crippen LogP contribution is -2.33. The van der Waals surface area contributed by atoms with Gasteiger partial charge in [0.05, 0.1) is 12.1 Å². The molecule has 1 aliphatic carbocycles. The molecule has 4 rings (SSSR count). The molecule has 3 unspecified atom stereocenters. The first kappa shape index (κ1) is 14.8. The first-order valence-electron chi connectivity index (χ1n) is 7.84. The molecule has 2 aliphatic heterocycles. The van der Waals surface area contributed by atoms with Crippen molar-refractivity contribution in [3.63, 3.8) is 0 Å². The zero-order valence-corrected chi connectivity index (χ0v) is 13.6. The molecule has 2 fully saturated rings. The molecule has 1 aromatic rings. The van der Waals surface area contributed by atoms with Crippen molar-refractivity contribution in [2.45, 2.75) is 25.4 Å². The molecular weight excluding hydrogens is 316 g/mol. The third kappa shape index (κ3) is 2.77. The largest absolute Gasteiger partial charge is 0.478 e. The number of nitrogens with zero attached hydrogens (tertiary/aromatic N) is 3. The summed E-state index contributed by atoms with van der Waals surface area (Å²) in [6.45, 7) is 4.78. The van der Waals surface area contributed by atoms with Crippen LogP contribution in [0.1, 0.15) is 17.7 Å². The second kappa shape index (κ2) is 5.39. The quantitative estimate of drug-likeness (QED) is 0.645. The SMILES string of the molecule is Cc1nc(N2CC3CC3C2)ccc1CN1C=C(C(=O)O)C(Cl)N1. The third-order valence-electron chi connectivity index (χ3n) is 4.92. The van der Waals surface area contributed by atoms with Crippen LogP contribution in [0.25, 0.3) is 0 Å². The van der Waals surface area contributed by atoms with Gasteiger partial charge < -0.3 is 15.0 Å². The van der Waals surface area contributed by atoms with E-state index in [4.69, 9.17) is 21.7 Å². The van der Waals surface area contributed by atoms with E-state index in [9.17, 15) is 4.79 Å². The van der Waals surface area contributed by atoms with Crippen molar-refractivity contribution in [1.82, 2.24) is 15.4 Å². The number of fused-ring (bicyclic) bond motifs is 1. The summed E-state index contributed by atoms with van der Waals surface area (Å²) in [5.74, 6) is 1.80. The van der Waals surface area contributed by atoms with Crippen molar-refractivity contribution in [3.8, 4) is 0 Å². The van der Waals surface area contributed by atoms with Gasteiger partial charge in [0.15, 0.2) is 0 Å². The Balaban J connectivity index is 1.46. The van der Waals surface area contributed by atoms with Gasteiger partial charge in [-0.2, -0.15) is 0 Å². The molecule has 6 nitrogen and oxygen atoms in total. The number of nitrogens with one attached hydrogen (secondary N) is 1. The third-order valence-corrected chi connectivity index (χ3v) is 5.25. The number of piperidine rings is 1. The number of aliphatic carboxylic acids is 1. The molecule has 0 amide bonds. The highest BCUT2D eigenvalue weighted by molar-refractivity contribution is 6.25. The lowest BCUT2D eigenvalue weighted by molar-refractivity contribution is -0.132. The van der Waals surface area contributed by atoms with Crippen molar-refractivity contribution in [2.75, 3.05) is 18.0 Å². The molecule has 3 aliphatic rings. The van der Waals surface area contributed by atoms with Crippen molar-refractivity contribution in [1.29, 1.82) is 0 Å². The normalized spacial score (nSPS) is 28.8. The van der Waals surface area contributed by atoms with Crippen LogP contribution in [0.5, 0.6) is 0 Å². The highest BCUT2D eigenvalue weighted by Crippen LogP contribution is 2.45. The van der Waals surface area contributed by atoms with E-state index >= 15 is 0 Å². The Morgan fingerprint density at radius 2 is 2.17 bits per heavy atom. The summed E-state index contributed by atoms with van der Waals surface area (Å²) >= 11 is 5.98. The predicted octanol–water partition coefficient (Wildman–Crippen LogP) is 1.70. The summed E-state index contributed by atoms with van der Waals surface area (Å²) in [5.41, 5.74) is 4.41. The van der Waals surface area contributed by atoms with Gasteiger partial charge in [0, 0.05) is 25.0 Å². The number of halogens is 1. The van der Waals surface area contributed by atoms with Crippen molar-refractivity contribution in [3.05, 3.63) is 35.2 Å². The topological polar surface area (TPSA) is 68.7 Å². The first-order valence-corrected chi connectivity index (χ1v) is 8.28. The van der Waals surface area contributed by atoms with E-state index in [2.05, 4.69) is 22.5 Å². The minimum Gasteiger partial charge on any atom is -0.478 e. The Labute approximate surface area is 139 Å². The molecule has 23 heavy (non-hydrogen) atoms. The number of carboxylic acid groups (broad SMARTS) is 1. The van der Waals surface area contributed by atoms with Crippen LogP contribution in [-0.2, 0) is 11.3 Å². The Morgan fingerprint density at radius 1 is 1.43 bits per heavy atom. The van der Waals surface area contributed by atoms with Gasteiger partial charge in [-0.25, -0.2) is 15.2 Å². The Morgan fingerprint density at radius 3 is 2.78 bits per heavy atom. The first-order chi connectivity index (χ1) is 11.0. The molecule has 3 heterocycles. The number of hydrogen-bond donors (Lipinski definition) is 2. The summed E-state index contributed by atoms with van der Waals surface area (Å²) in [7, 11) is 0. The maximum absolute atomic E-state index is 11.1. The van der Waals surface area contributed by atoms with Crippen molar-refractivity contribution >= 4 is 23.4 Å². The second-order valence-corrected chi connectivity index (χ2v) is 7.02. The molecule has 1 saturated carbocycles. The van der Waals surface area contributed by atoms with Gasteiger partial charge >= 0.3 is 5.97 Å². The number of alkyl halides is 1. The van der Waals surface area contributed by atoms with Gasteiger partial charge in [-0.1, -0.05) is 17.7 Å². The standard InChI is InChI=1S/C16H19ClN4O2/c1-9-10(7-21-8-13(16(22)23)15(17)19-21)2-3-14(18-9)20-5-11-4-12(11)6-20/h2-3,8,11-12,15,19H,4-7H2,1H3,(H,22,23). The Kier molecular flexibility index (Phi) is 3.46. The lowest BCUT2D eigenvalue weighted by Gasteiger charge is -2.22. The molecule has 0 aromatic carbocycles. The van der Waals surface area contributed by atoms with E-state index in [0.29, 0.717) is 6.54 Å². The fourth-order valence-electron chi connectivity index (χ4n) is 3.43. The Bertz CT molecular complexity index is 683. The minimum atomic E-state index is -1.00. The van der Waals surface area contributed by atoms with E-state index in [0.717, 1.165) is 42.0 Å². The van der Waals surface area contributed by atoms with Crippen LogP contribution in [0.2, 0.25) is 0 Å². The van der Waals surface area contributed by atoms with E-state index in [-0.39, 0.29) is 5.57 Å². The van der Waals surface area contributed by atoms with Gasteiger partial charge in [-0.3, -0.25) is 0 Å². The summed E-state index contributed by atoms with van der Waals surface area (Å²) in [5, 5.41) is 10.8. The average molecular weight is 335 g/mol. The fraction of sp³-hybridized carbons (Fsp3) is 0.500. The van der Waals surface area contributed by atoms with Crippen LogP contribution in [-0.4, -0.2) is 39.7 Å². The van der Waals surface area contributed by atoms with Gasteiger partial charge in [0.25, 0.3) is 0 Å². The molecule has 122 valence electrons. The number of rotatable bonds is 4. The van der Waals surface area contributed by atoms with Gasteiger partial charge in [0.2, 0.25) is 0 Å². The van der Waals surface area contributed by atoms with Gasteiger partial charge in [0.1, 0.15) is 11.3 Å². The zero-order chi connectivity index (χ0) is 16.1. The van der Waals surface area contributed by atoms with E-state index in [1.807, 2.05) is 6.92 Å². The minimum absolute atomic E-state index is 0.158. The van der Waals surface area contributed by atoms with Crippen LogP contribution in [0.4, 0.5) is 5.82 Å². The molecule has 7 heteroatoms. The van der Waals surface area contributed by atoms with Crippen molar-refractivity contribution in [2.24, 2.45) is 11.8 Å². The fourth-order valence-corrected chi connectivity index (χ4v) is 3.70. The molecule has 0 radical (unpaired) electrons. The predicted molar refractivity (Wildman–Crippen MR) is 86.8 cm³/mol. The van der Waals surface area contributed by atoms with Gasteiger partial charge in [-0.05, 0) is 36.8 Å². The van der Waals surface area contributed by atoms with Crippen LogP contribution >= 0.6 is 11.6 Å². The summed E-state index contributed by atoms with van der Waals surface area (Å²) in [4.78, 5) is 18.2. The molecule has 1 aromatic heterocycles. The molecular formula is C16H19ClN4O2. The van der Waals surface area contributed by atoms with E-state index in [1.165, 1.54) is 6.42 Å². The van der Waals surface area contributed by atoms with Crippen LogP contribution in [0.3, 0.4) is 0 Å². The van der Waals surface area contributed by atoms with Crippen LogP contribution in [0.15, 0.2) is 23.9 Å². The molecule has 1 saturated heterocycles. The lowest BCUT2D eigenvalue weighted by atomic mass is 10.2. The summed E-state index contributed by atoms with van der Waals surface area (Å²) < 4.78 is 0. The maximum atomic E-state index is 11.1. The molecule has 0 spiro atoms. The Hall–Kier alpha value is -1.79. The number of hydrazine groups is 1. The van der Waals surface area contributed by atoms with Gasteiger partial charge in [-0.15, -0.1) is 0 Å². The molecule has 2 N–H and O–H groups in total. The van der Waals surface area contributed by atoms with E-state index in [1.54, 1.807) is 11.2 Å². The zero-order valence-electron chi connectivity index (χ0n) is 12.9. The molecule has 3 atom stereocenters. The highest BCUT2D eigenvalue weighted by atomic mass is 35.5. The summed E-state index contributed by atoms with van der Waals surface area (Å²) in [6, 6.07) is 4.13. The number of aryl methyl sites for hydroxylation is 1. The highest BCUT2D eigenvalue weighted by Gasteiger charge is 2.45. The van der Waals surface area contributed by atoms with Crippen LogP contribution < -0.4 is 10.3 Å². The van der Waals surface area contributed by atoms with E-state index < -0.39 is 11.5 Å². The molecule has 0 bridgehead atoms. The maximum Gasteiger partial charge on any atom is 0.336 e. The number of aromatic nitrogens is 1. The smallest absolute Gasteiger partial charge is 0.336 e. The second-order valence-electron chi connectivity index (χ2n) is 6.58. The summed E-state index contributed by atoms with van der Waals surface area (Å²) in [6.07, 6.45) is 2.92. The number of anilines is 1. The average Bonchev–Trinajstić information content (AvgIpc) is 2.93. The van der Waals surface area contributed by atoms with Crippen LogP contribution in [0, 0.1) is 18.8 Å². The number of carbonyl (C=O) groups is 1. The van der Waals surface area contributed by atoms with Crippen molar-refractivity contribution < 1.29 is 9.90 Å².